The molecule has 1 N–H and O–H groups in total. The highest BCUT2D eigenvalue weighted by atomic mass is 32.2. The molecule has 2 heterocycles. The molecule has 0 aliphatic carbocycles. The number of carbonyl (C=O) groups excluding carboxylic acids is 1. The molecule has 0 saturated carbocycles. The zero-order valence-electron chi connectivity index (χ0n) is 15.2. The van der Waals surface area contributed by atoms with Crippen LogP contribution in [0.1, 0.15) is 0 Å². The molecule has 2 aromatic heterocycles. The lowest BCUT2D eigenvalue weighted by atomic mass is 10.3. The van der Waals surface area contributed by atoms with Crippen molar-refractivity contribution in [2.75, 3.05) is 11.1 Å². The van der Waals surface area contributed by atoms with Crippen LogP contribution in [0.5, 0.6) is 0 Å². The minimum Gasteiger partial charge on any atom is -0.325 e. The van der Waals surface area contributed by atoms with E-state index in [2.05, 4.69) is 20.4 Å². The first kappa shape index (κ1) is 19.5. The van der Waals surface area contributed by atoms with Crippen LogP contribution < -0.4 is 5.32 Å². The first-order valence-corrected chi connectivity index (χ1v) is 9.61. The SMILES string of the molecule is O=C(CSc1ncnc2c1cnn2-c1ccc(F)cc1)Nc1ccc([N+](=O)[O-])cc1. The molecule has 9 nitrogen and oxygen atoms in total. The average Bonchev–Trinajstić information content (AvgIpc) is 3.18. The number of nitrogens with zero attached hydrogens (tertiary/aromatic N) is 5. The molecule has 0 bridgehead atoms. The van der Waals surface area contributed by atoms with Crippen molar-refractivity contribution in [2.24, 2.45) is 0 Å². The molecule has 0 atom stereocenters. The van der Waals surface area contributed by atoms with Crippen molar-refractivity contribution in [3.63, 3.8) is 0 Å². The fourth-order valence-corrected chi connectivity index (χ4v) is 3.47. The summed E-state index contributed by atoms with van der Waals surface area (Å²) < 4.78 is 14.7. The fraction of sp³-hybridized carbons (Fsp3) is 0.0526. The zero-order chi connectivity index (χ0) is 21.1. The Hall–Kier alpha value is -3.86. The third-order valence-electron chi connectivity index (χ3n) is 4.10. The normalized spacial score (nSPS) is 10.8. The minimum absolute atomic E-state index is 0.0519. The molecule has 0 aliphatic rings. The Bertz CT molecular complexity index is 1230. The van der Waals surface area contributed by atoms with Crippen LogP contribution >= 0.6 is 11.8 Å². The smallest absolute Gasteiger partial charge is 0.269 e. The monoisotopic (exact) mass is 424 g/mol. The van der Waals surface area contributed by atoms with Gasteiger partial charge in [0, 0.05) is 17.8 Å². The summed E-state index contributed by atoms with van der Waals surface area (Å²) in [6.45, 7) is 0. The molecular formula is C19H13FN6O3S. The number of non-ortho nitro benzene ring substituents is 1. The lowest BCUT2D eigenvalue weighted by Gasteiger charge is -2.06. The molecule has 30 heavy (non-hydrogen) atoms. The highest BCUT2D eigenvalue weighted by Crippen LogP contribution is 2.26. The van der Waals surface area contributed by atoms with Crippen LogP contribution in [0.25, 0.3) is 16.7 Å². The minimum atomic E-state index is -0.506. The third-order valence-corrected chi connectivity index (χ3v) is 5.11. The average molecular weight is 424 g/mol. The summed E-state index contributed by atoms with van der Waals surface area (Å²) in [5.41, 5.74) is 1.60. The lowest BCUT2D eigenvalue weighted by molar-refractivity contribution is -0.384. The van der Waals surface area contributed by atoms with Crippen LogP contribution in [-0.2, 0) is 4.79 Å². The first-order chi connectivity index (χ1) is 14.5. The van der Waals surface area contributed by atoms with E-state index in [0.29, 0.717) is 27.4 Å². The van der Waals surface area contributed by atoms with E-state index in [0.717, 1.165) is 0 Å². The molecular weight excluding hydrogens is 411 g/mol. The van der Waals surface area contributed by atoms with Crippen molar-refractivity contribution in [1.29, 1.82) is 0 Å². The number of rotatable bonds is 6. The van der Waals surface area contributed by atoms with Crippen molar-refractivity contribution in [3.8, 4) is 5.69 Å². The number of nitro benzene ring substituents is 1. The number of amides is 1. The van der Waals surface area contributed by atoms with Gasteiger partial charge in [-0.15, -0.1) is 0 Å². The van der Waals surface area contributed by atoms with E-state index in [4.69, 9.17) is 0 Å². The largest absolute Gasteiger partial charge is 0.325 e. The molecule has 1 amide bonds. The highest BCUT2D eigenvalue weighted by Gasteiger charge is 2.13. The standard InChI is InChI=1S/C19H13FN6O3S/c20-12-1-5-14(6-2-12)25-18-16(9-23-25)19(22-11-21-18)30-10-17(27)24-13-3-7-15(8-4-13)26(28)29/h1-9,11H,10H2,(H,24,27). The number of aromatic nitrogens is 4. The van der Waals surface area contributed by atoms with Gasteiger partial charge in [0.15, 0.2) is 5.65 Å². The molecule has 150 valence electrons. The van der Waals surface area contributed by atoms with E-state index < -0.39 is 4.92 Å². The van der Waals surface area contributed by atoms with Gasteiger partial charge in [0.2, 0.25) is 5.91 Å². The van der Waals surface area contributed by atoms with Crippen LogP contribution in [-0.4, -0.2) is 36.3 Å². The Labute approximate surface area is 173 Å². The molecule has 0 fully saturated rings. The highest BCUT2D eigenvalue weighted by molar-refractivity contribution is 8.00. The second-order valence-electron chi connectivity index (χ2n) is 6.09. The summed E-state index contributed by atoms with van der Waals surface area (Å²) in [7, 11) is 0. The van der Waals surface area contributed by atoms with Crippen molar-refractivity contribution >= 4 is 40.1 Å². The number of thioether (sulfide) groups is 1. The van der Waals surface area contributed by atoms with Crippen LogP contribution in [0.4, 0.5) is 15.8 Å². The molecule has 4 rings (SSSR count). The Balaban J connectivity index is 1.47. The summed E-state index contributed by atoms with van der Waals surface area (Å²) in [6.07, 6.45) is 2.97. The summed E-state index contributed by atoms with van der Waals surface area (Å²) in [4.78, 5) is 30.9. The maximum atomic E-state index is 13.2. The molecule has 0 spiro atoms. The number of nitrogens with one attached hydrogen (secondary N) is 1. The number of nitro groups is 1. The van der Waals surface area contributed by atoms with E-state index in [1.807, 2.05) is 0 Å². The van der Waals surface area contributed by atoms with Gasteiger partial charge in [0.1, 0.15) is 17.2 Å². The lowest BCUT2D eigenvalue weighted by Crippen LogP contribution is -2.14. The van der Waals surface area contributed by atoms with Crippen LogP contribution in [0.3, 0.4) is 0 Å². The number of carbonyl (C=O) groups is 1. The van der Waals surface area contributed by atoms with Gasteiger partial charge in [-0.05, 0) is 36.4 Å². The van der Waals surface area contributed by atoms with E-state index in [1.54, 1.807) is 23.0 Å². The number of benzene rings is 2. The molecule has 2 aromatic carbocycles. The second-order valence-corrected chi connectivity index (χ2v) is 7.05. The zero-order valence-corrected chi connectivity index (χ0v) is 16.0. The summed E-state index contributed by atoms with van der Waals surface area (Å²) in [5.74, 6) is -0.558. The topological polar surface area (TPSA) is 116 Å². The Morgan fingerprint density at radius 3 is 2.57 bits per heavy atom. The number of hydrogen-bond acceptors (Lipinski definition) is 7. The van der Waals surface area contributed by atoms with Gasteiger partial charge < -0.3 is 5.32 Å². The Kier molecular flexibility index (Phi) is 5.35. The Morgan fingerprint density at radius 2 is 1.87 bits per heavy atom. The first-order valence-electron chi connectivity index (χ1n) is 8.63. The van der Waals surface area contributed by atoms with Crippen molar-refractivity contribution in [2.45, 2.75) is 5.03 Å². The van der Waals surface area contributed by atoms with Gasteiger partial charge >= 0.3 is 0 Å². The Morgan fingerprint density at radius 1 is 1.13 bits per heavy atom. The van der Waals surface area contributed by atoms with Gasteiger partial charge in [-0.25, -0.2) is 19.0 Å². The van der Waals surface area contributed by atoms with Gasteiger partial charge in [-0.1, -0.05) is 11.8 Å². The maximum Gasteiger partial charge on any atom is 0.269 e. The third kappa shape index (κ3) is 4.10. The molecule has 0 unspecified atom stereocenters. The maximum absolute atomic E-state index is 13.2. The number of anilines is 1. The predicted octanol–water partition coefficient (Wildman–Crippen LogP) is 3.59. The molecule has 0 radical (unpaired) electrons. The number of fused-ring (bicyclic) bond motifs is 1. The molecule has 11 heteroatoms. The summed E-state index contributed by atoms with van der Waals surface area (Å²) in [5, 5.41) is 18.9. The quantitative estimate of drug-likeness (QED) is 0.218. The van der Waals surface area contributed by atoms with Crippen LogP contribution in [0, 0.1) is 15.9 Å². The number of halogens is 1. The van der Waals surface area contributed by atoms with Crippen molar-refractivity contribution in [1.82, 2.24) is 19.7 Å². The van der Waals surface area contributed by atoms with E-state index in [1.165, 1.54) is 54.5 Å². The van der Waals surface area contributed by atoms with Crippen LogP contribution in [0.15, 0.2) is 66.1 Å². The fourth-order valence-electron chi connectivity index (χ4n) is 2.71. The van der Waals surface area contributed by atoms with E-state index in [9.17, 15) is 19.3 Å². The molecule has 0 aliphatic heterocycles. The molecule has 0 saturated heterocycles. The second kappa shape index (κ2) is 8.25. The van der Waals surface area contributed by atoms with Gasteiger partial charge in [0.05, 0.1) is 27.9 Å². The van der Waals surface area contributed by atoms with Gasteiger partial charge in [-0.2, -0.15) is 5.10 Å². The van der Waals surface area contributed by atoms with Crippen molar-refractivity contribution < 1.29 is 14.1 Å². The number of hydrogen-bond donors (Lipinski definition) is 1. The van der Waals surface area contributed by atoms with Gasteiger partial charge in [0.25, 0.3) is 5.69 Å². The summed E-state index contributed by atoms with van der Waals surface area (Å²) in [6, 6.07) is 11.4. The van der Waals surface area contributed by atoms with Gasteiger partial charge in [-0.3, -0.25) is 14.9 Å². The van der Waals surface area contributed by atoms with Crippen LogP contribution in [0.2, 0.25) is 0 Å². The molecule has 4 aromatic rings. The predicted molar refractivity (Wildman–Crippen MR) is 109 cm³/mol. The van der Waals surface area contributed by atoms with E-state index >= 15 is 0 Å². The van der Waals surface area contributed by atoms with E-state index in [-0.39, 0.29) is 23.2 Å². The van der Waals surface area contributed by atoms with Crippen molar-refractivity contribution in [3.05, 3.63) is 77.0 Å². The summed E-state index contributed by atoms with van der Waals surface area (Å²) >= 11 is 1.21.